The molecule has 0 spiro atoms. The van der Waals surface area contributed by atoms with Crippen LogP contribution in [-0.4, -0.2) is 39.0 Å². The van der Waals surface area contributed by atoms with Crippen LogP contribution in [0.1, 0.15) is 30.9 Å². The second kappa shape index (κ2) is 8.51. The molecule has 1 heterocycles. The van der Waals surface area contributed by atoms with Crippen LogP contribution >= 0.6 is 15.9 Å². The lowest BCUT2D eigenvalue weighted by atomic mass is 9.77. The molecule has 1 saturated heterocycles. The Labute approximate surface area is 153 Å². The summed E-state index contributed by atoms with van der Waals surface area (Å²) in [5, 5.41) is 2.56. The molecule has 0 radical (unpaired) electrons. The number of nitrogens with one attached hydrogen (secondary N) is 1. The van der Waals surface area contributed by atoms with Crippen molar-refractivity contribution >= 4 is 21.9 Å². The molecule has 1 aromatic carbocycles. The molecule has 140 valence electrons. The number of benzene rings is 1. The SMILES string of the molecule is COC(=O)C1(CCN[C@@H](c2ccc(Br)cc2)C(F)(F)F)CCOCC1. The highest BCUT2D eigenvalue weighted by Crippen LogP contribution is 2.37. The number of hydrogen-bond donors (Lipinski definition) is 1. The molecular formula is C17H21BrF3NO3. The first-order valence-corrected chi connectivity index (χ1v) is 8.79. The third-order valence-corrected chi connectivity index (χ3v) is 5.08. The number of hydrogen-bond acceptors (Lipinski definition) is 4. The van der Waals surface area contributed by atoms with Gasteiger partial charge in [-0.05, 0) is 43.5 Å². The highest BCUT2D eigenvalue weighted by Gasteiger charge is 2.43. The van der Waals surface area contributed by atoms with Gasteiger partial charge < -0.3 is 14.8 Å². The Kier molecular flexibility index (Phi) is 6.87. The predicted molar refractivity (Wildman–Crippen MR) is 90.1 cm³/mol. The Bertz CT molecular complexity index is 571. The van der Waals surface area contributed by atoms with Crippen molar-refractivity contribution in [3.63, 3.8) is 0 Å². The maximum atomic E-state index is 13.4. The molecular weight excluding hydrogens is 403 g/mol. The Balaban J connectivity index is 2.07. The lowest BCUT2D eigenvalue weighted by Crippen LogP contribution is -2.42. The zero-order chi connectivity index (χ0) is 18.5. The number of methoxy groups -OCH3 is 1. The molecule has 1 aliphatic rings. The van der Waals surface area contributed by atoms with E-state index in [1.54, 1.807) is 12.1 Å². The van der Waals surface area contributed by atoms with Crippen LogP contribution in [0.4, 0.5) is 13.2 Å². The lowest BCUT2D eigenvalue weighted by Gasteiger charge is -2.35. The van der Waals surface area contributed by atoms with E-state index in [9.17, 15) is 18.0 Å². The zero-order valence-electron chi connectivity index (χ0n) is 13.9. The quantitative estimate of drug-likeness (QED) is 0.702. The van der Waals surface area contributed by atoms with Gasteiger partial charge in [0.1, 0.15) is 6.04 Å². The summed E-state index contributed by atoms with van der Waals surface area (Å²) in [6.45, 7) is 0.865. The first kappa shape index (κ1) is 20.2. The maximum absolute atomic E-state index is 13.4. The molecule has 0 aromatic heterocycles. The highest BCUT2D eigenvalue weighted by atomic mass is 79.9. The van der Waals surface area contributed by atoms with Gasteiger partial charge in [-0.15, -0.1) is 0 Å². The standard InChI is InChI=1S/C17H21BrF3NO3/c1-24-15(23)16(7-10-25-11-8-16)6-9-22-14(17(19,20)21)12-2-4-13(18)5-3-12/h2-5,14,22H,6-11H2,1H3/t14-/m0/s1. The van der Waals surface area contributed by atoms with Crippen LogP contribution in [0.2, 0.25) is 0 Å². The van der Waals surface area contributed by atoms with Gasteiger partial charge in [-0.25, -0.2) is 0 Å². The fourth-order valence-corrected chi connectivity index (χ4v) is 3.33. The first-order chi connectivity index (χ1) is 11.8. The van der Waals surface area contributed by atoms with E-state index >= 15 is 0 Å². The van der Waals surface area contributed by atoms with E-state index in [1.807, 2.05) is 0 Å². The van der Waals surface area contributed by atoms with Gasteiger partial charge in [0.2, 0.25) is 0 Å². The van der Waals surface area contributed by atoms with Crippen molar-refractivity contribution in [1.82, 2.24) is 5.32 Å². The molecule has 1 N–H and O–H groups in total. The fraction of sp³-hybridized carbons (Fsp3) is 0.588. The van der Waals surface area contributed by atoms with Gasteiger partial charge in [0.15, 0.2) is 0 Å². The van der Waals surface area contributed by atoms with Crippen molar-refractivity contribution in [2.45, 2.75) is 31.5 Å². The topological polar surface area (TPSA) is 47.6 Å². The van der Waals surface area contributed by atoms with E-state index in [0.29, 0.717) is 30.5 Å². The number of alkyl halides is 3. The highest BCUT2D eigenvalue weighted by molar-refractivity contribution is 9.10. The average molecular weight is 424 g/mol. The van der Waals surface area contributed by atoms with Gasteiger partial charge in [0, 0.05) is 17.7 Å². The molecule has 4 nitrogen and oxygen atoms in total. The largest absolute Gasteiger partial charge is 0.469 e. The minimum atomic E-state index is -4.43. The third kappa shape index (κ3) is 5.18. The fourth-order valence-electron chi connectivity index (χ4n) is 3.07. The number of carbonyl (C=O) groups is 1. The second-order valence-electron chi connectivity index (χ2n) is 6.11. The Hall–Kier alpha value is -1.12. The van der Waals surface area contributed by atoms with Crippen LogP contribution in [0, 0.1) is 5.41 Å². The summed E-state index contributed by atoms with van der Waals surface area (Å²) < 4.78 is 51.1. The summed E-state index contributed by atoms with van der Waals surface area (Å²) in [7, 11) is 1.30. The zero-order valence-corrected chi connectivity index (χ0v) is 15.5. The van der Waals surface area contributed by atoms with Crippen LogP contribution in [-0.2, 0) is 14.3 Å². The van der Waals surface area contributed by atoms with Crippen molar-refractivity contribution in [3.05, 3.63) is 34.3 Å². The third-order valence-electron chi connectivity index (χ3n) is 4.55. The van der Waals surface area contributed by atoms with Crippen LogP contribution in [0.15, 0.2) is 28.7 Å². The van der Waals surface area contributed by atoms with Gasteiger partial charge in [0.25, 0.3) is 0 Å². The number of esters is 1. The monoisotopic (exact) mass is 423 g/mol. The van der Waals surface area contributed by atoms with E-state index in [2.05, 4.69) is 21.2 Å². The van der Waals surface area contributed by atoms with Gasteiger partial charge in [0.05, 0.1) is 12.5 Å². The molecule has 25 heavy (non-hydrogen) atoms. The molecule has 1 fully saturated rings. The Morgan fingerprint density at radius 3 is 2.44 bits per heavy atom. The van der Waals surface area contributed by atoms with Crippen molar-refractivity contribution in [2.75, 3.05) is 26.9 Å². The summed E-state index contributed by atoms with van der Waals surface area (Å²) in [5.41, 5.74) is -0.648. The van der Waals surface area contributed by atoms with Gasteiger partial charge in [-0.3, -0.25) is 4.79 Å². The Morgan fingerprint density at radius 2 is 1.92 bits per heavy atom. The molecule has 0 amide bonds. The minimum absolute atomic E-state index is 0.0509. The van der Waals surface area contributed by atoms with E-state index in [4.69, 9.17) is 9.47 Å². The molecule has 1 aromatic rings. The second-order valence-corrected chi connectivity index (χ2v) is 7.03. The number of rotatable bonds is 6. The Morgan fingerprint density at radius 1 is 1.32 bits per heavy atom. The maximum Gasteiger partial charge on any atom is 0.407 e. The summed E-state index contributed by atoms with van der Waals surface area (Å²) in [6, 6.07) is 4.23. The van der Waals surface area contributed by atoms with Gasteiger partial charge >= 0.3 is 12.1 Å². The molecule has 1 aliphatic heterocycles. The predicted octanol–water partition coefficient (Wildman–Crippen LogP) is 4.00. The van der Waals surface area contributed by atoms with E-state index in [1.165, 1.54) is 19.2 Å². The molecule has 0 aliphatic carbocycles. The van der Waals surface area contributed by atoms with E-state index in [-0.39, 0.29) is 24.5 Å². The summed E-state index contributed by atoms with van der Waals surface area (Å²) in [5.74, 6) is -0.384. The van der Waals surface area contributed by atoms with Crippen LogP contribution in [0.5, 0.6) is 0 Å². The first-order valence-electron chi connectivity index (χ1n) is 8.00. The minimum Gasteiger partial charge on any atom is -0.469 e. The number of halogens is 4. The molecule has 0 unspecified atom stereocenters. The van der Waals surface area contributed by atoms with E-state index in [0.717, 1.165) is 0 Å². The smallest absolute Gasteiger partial charge is 0.407 e. The molecule has 0 saturated carbocycles. The van der Waals surface area contributed by atoms with Gasteiger partial charge in [-0.1, -0.05) is 28.1 Å². The van der Waals surface area contributed by atoms with Crippen molar-refractivity contribution in [1.29, 1.82) is 0 Å². The van der Waals surface area contributed by atoms with Crippen LogP contribution in [0.3, 0.4) is 0 Å². The summed E-state index contributed by atoms with van der Waals surface area (Å²) in [6.07, 6.45) is -3.25. The summed E-state index contributed by atoms with van der Waals surface area (Å²) in [4.78, 5) is 12.1. The van der Waals surface area contributed by atoms with Gasteiger partial charge in [-0.2, -0.15) is 13.2 Å². The molecule has 8 heteroatoms. The number of ether oxygens (including phenoxy) is 2. The number of carbonyl (C=O) groups excluding carboxylic acids is 1. The van der Waals surface area contributed by atoms with Crippen LogP contribution < -0.4 is 5.32 Å². The molecule has 2 rings (SSSR count). The average Bonchev–Trinajstić information content (AvgIpc) is 2.59. The summed E-state index contributed by atoms with van der Waals surface area (Å²) >= 11 is 3.22. The lowest BCUT2D eigenvalue weighted by molar-refractivity contribution is -0.162. The molecule has 0 bridgehead atoms. The van der Waals surface area contributed by atoms with Crippen LogP contribution in [0.25, 0.3) is 0 Å². The van der Waals surface area contributed by atoms with Crippen molar-refractivity contribution in [3.8, 4) is 0 Å². The molecule has 1 atom stereocenters. The normalized spacial score (nSPS) is 18.6. The van der Waals surface area contributed by atoms with E-state index < -0.39 is 17.6 Å². The van der Waals surface area contributed by atoms with Crippen molar-refractivity contribution in [2.24, 2.45) is 5.41 Å². The van der Waals surface area contributed by atoms with Crippen molar-refractivity contribution < 1.29 is 27.4 Å².